The first-order valence-electron chi connectivity index (χ1n) is 9.35. The van der Waals surface area contributed by atoms with Gasteiger partial charge in [-0.15, -0.1) is 0 Å². The molecule has 3 nitrogen and oxygen atoms in total. The number of methoxy groups -OCH3 is 1. The second kappa shape index (κ2) is 9.86. The summed E-state index contributed by atoms with van der Waals surface area (Å²) >= 11 is 0. The molecule has 0 aliphatic rings. The molecule has 0 amide bonds. The Labute approximate surface area is 163 Å². The molecule has 0 radical (unpaired) electrons. The fourth-order valence-corrected chi connectivity index (χ4v) is 3.20. The third-order valence-corrected chi connectivity index (χ3v) is 4.23. The second-order valence-electron chi connectivity index (χ2n) is 6.59. The van der Waals surface area contributed by atoms with Crippen LogP contribution >= 0.6 is 0 Å². The molecule has 3 heteroatoms. The molecule has 0 aliphatic carbocycles. The fourth-order valence-electron chi connectivity index (χ4n) is 3.20. The molecule has 2 aromatic rings. The Morgan fingerprint density at radius 2 is 1.41 bits per heavy atom. The van der Waals surface area contributed by atoms with Crippen molar-refractivity contribution in [2.75, 3.05) is 20.3 Å². The van der Waals surface area contributed by atoms with E-state index in [2.05, 4.69) is 52.1 Å². The minimum absolute atomic E-state index is 0.406. The summed E-state index contributed by atoms with van der Waals surface area (Å²) in [6.45, 7) is 14.7. The monoisotopic (exact) mass is 366 g/mol. The van der Waals surface area contributed by atoms with Gasteiger partial charge in [0, 0.05) is 11.1 Å². The first kappa shape index (κ1) is 20.6. The van der Waals surface area contributed by atoms with Crippen molar-refractivity contribution in [2.24, 2.45) is 0 Å². The summed E-state index contributed by atoms with van der Waals surface area (Å²) in [5.41, 5.74) is 5.47. The summed E-state index contributed by atoms with van der Waals surface area (Å²) < 4.78 is 17.7. The van der Waals surface area contributed by atoms with Crippen molar-refractivity contribution >= 4 is 0 Å². The predicted molar refractivity (Wildman–Crippen MR) is 113 cm³/mol. The first-order chi connectivity index (χ1) is 13.0. The van der Waals surface area contributed by atoms with Crippen molar-refractivity contribution in [2.45, 2.75) is 33.6 Å². The molecule has 0 N–H and O–H groups in total. The smallest absolute Gasteiger partial charge is 0.169 e. The van der Waals surface area contributed by atoms with Crippen LogP contribution in [-0.2, 0) is 6.42 Å². The fraction of sp³-hybridized carbons (Fsp3) is 0.333. The van der Waals surface area contributed by atoms with Gasteiger partial charge in [0.25, 0.3) is 0 Å². The number of rotatable bonds is 10. The van der Waals surface area contributed by atoms with E-state index in [0.717, 1.165) is 35.3 Å². The largest absolute Gasteiger partial charge is 0.493 e. The van der Waals surface area contributed by atoms with Gasteiger partial charge >= 0.3 is 0 Å². The SMILES string of the molecule is C=CCOc1c(CCC)cc(C)cc1-c1cc(C)cc(OC)c1OCC=C. The van der Waals surface area contributed by atoms with Crippen LogP contribution in [0.2, 0.25) is 0 Å². The lowest BCUT2D eigenvalue weighted by Gasteiger charge is -2.20. The molecule has 144 valence electrons. The third-order valence-electron chi connectivity index (χ3n) is 4.23. The predicted octanol–water partition coefficient (Wildman–Crippen LogP) is 6.06. The van der Waals surface area contributed by atoms with E-state index in [9.17, 15) is 0 Å². The van der Waals surface area contributed by atoms with E-state index in [1.165, 1.54) is 11.1 Å². The Hall–Kier alpha value is -2.68. The summed E-state index contributed by atoms with van der Waals surface area (Å²) in [5.74, 6) is 2.30. The highest BCUT2D eigenvalue weighted by molar-refractivity contribution is 5.81. The normalized spacial score (nSPS) is 10.4. The molecule has 0 spiro atoms. The topological polar surface area (TPSA) is 27.7 Å². The van der Waals surface area contributed by atoms with Crippen LogP contribution in [0.4, 0.5) is 0 Å². The van der Waals surface area contributed by atoms with Gasteiger partial charge in [-0.3, -0.25) is 0 Å². The van der Waals surface area contributed by atoms with Crippen molar-refractivity contribution in [3.63, 3.8) is 0 Å². The zero-order valence-electron chi connectivity index (χ0n) is 16.9. The van der Waals surface area contributed by atoms with Gasteiger partial charge in [0.15, 0.2) is 11.5 Å². The lowest BCUT2D eigenvalue weighted by atomic mass is 9.94. The Morgan fingerprint density at radius 1 is 0.852 bits per heavy atom. The van der Waals surface area contributed by atoms with Crippen LogP contribution in [-0.4, -0.2) is 20.3 Å². The molecule has 0 unspecified atom stereocenters. The van der Waals surface area contributed by atoms with Crippen LogP contribution in [0.3, 0.4) is 0 Å². The second-order valence-corrected chi connectivity index (χ2v) is 6.59. The zero-order chi connectivity index (χ0) is 19.8. The van der Waals surface area contributed by atoms with Crippen molar-refractivity contribution in [1.29, 1.82) is 0 Å². The number of ether oxygens (including phenoxy) is 3. The Bertz CT molecular complexity index is 806. The highest BCUT2D eigenvalue weighted by Gasteiger charge is 2.20. The summed E-state index contributed by atoms with van der Waals surface area (Å²) in [6, 6.07) is 8.44. The number of hydrogen-bond acceptors (Lipinski definition) is 3. The quantitative estimate of drug-likeness (QED) is 0.478. The van der Waals surface area contributed by atoms with E-state index < -0.39 is 0 Å². The Morgan fingerprint density at radius 3 is 1.96 bits per heavy atom. The molecule has 0 saturated carbocycles. The van der Waals surface area contributed by atoms with Crippen LogP contribution in [0, 0.1) is 13.8 Å². The van der Waals surface area contributed by atoms with Crippen molar-refractivity contribution in [3.05, 3.63) is 66.3 Å². The van der Waals surface area contributed by atoms with E-state index in [4.69, 9.17) is 14.2 Å². The van der Waals surface area contributed by atoms with E-state index in [-0.39, 0.29) is 0 Å². The molecule has 27 heavy (non-hydrogen) atoms. The average Bonchev–Trinajstić information content (AvgIpc) is 2.65. The van der Waals surface area contributed by atoms with Crippen molar-refractivity contribution in [1.82, 2.24) is 0 Å². The Balaban J connectivity index is 2.76. The van der Waals surface area contributed by atoms with Crippen molar-refractivity contribution in [3.8, 4) is 28.4 Å². The van der Waals surface area contributed by atoms with Gasteiger partial charge in [0.2, 0.25) is 0 Å². The molecule has 0 aliphatic heterocycles. The van der Waals surface area contributed by atoms with Gasteiger partial charge in [-0.25, -0.2) is 0 Å². The van der Waals surface area contributed by atoms with Crippen LogP contribution in [0.1, 0.15) is 30.0 Å². The standard InChI is InChI=1S/C24H30O3/c1-7-10-19-13-17(4)14-20(23(19)26-11-8-2)21-15-18(5)16-22(25-6)24(21)27-12-9-3/h8-9,13-16H,2-3,7,10-12H2,1,4-6H3. The van der Waals surface area contributed by atoms with Gasteiger partial charge < -0.3 is 14.2 Å². The van der Waals surface area contributed by atoms with Crippen LogP contribution in [0.5, 0.6) is 17.2 Å². The number of aryl methyl sites for hydroxylation is 3. The van der Waals surface area contributed by atoms with Gasteiger partial charge in [0.1, 0.15) is 19.0 Å². The molecule has 0 heterocycles. The van der Waals surface area contributed by atoms with E-state index in [1.54, 1.807) is 19.3 Å². The summed E-state index contributed by atoms with van der Waals surface area (Å²) in [6.07, 6.45) is 5.50. The van der Waals surface area contributed by atoms with Gasteiger partial charge in [0.05, 0.1) is 7.11 Å². The Kier molecular flexibility index (Phi) is 7.54. The molecule has 0 aromatic heterocycles. The highest BCUT2D eigenvalue weighted by atomic mass is 16.5. The minimum atomic E-state index is 0.406. The molecule has 0 bridgehead atoms. The van der Waals surface area contributed by atoms with Crippen LogP contribution < -0.4 is 14.2 Å². The van der Waals surface area contributed by atoms with E-state index in [1.807, 2.05) is 6.07 Å². The summed E-state index contributed by atoms with van der Waals surface area (Å²) in [4.78, 5) is 0. The molecule has 0 atom stereocenters. The van der Waals surface area contributed by atoms with Crippen molar-refractivity contribution < 1.29 is 14.2 Å². The van der Waals surface area contributed by atoms with Gasteiger partial charge in [-0.2, -0.15) is 0 Å². The minimum Gasteiger partial charge on any atom is -0.493 e. The maximum absolute atomic E-state index is 6.12. The summed E-state index contributed by atoms with van der Waals surface area (Å²) in [5, 5.41) is 0. The third kappa shape index (κ3) is 4.94. The first-order valence-corrected chi connectivity index (χ1v) is 9.35. The van der Waals surface area contributed by atoms with Gasteiger partial charge in [-0.05, 0) is 55.2 Å². The molecule has 2 aromatic carbocycles. The lowest BCUT2D eigenvalue weighted by Crippen LogP contribution is -2.04. The zero-order valence-corrected chi connectivity index (χ0v) is 16.9. The maximum Gasteiger partial charge on any atom is 0.169 e. The number of benzene rings is 2. The van der Waals surface area contributed by atoms with Crippen LogP contribution in [0.15, 0.2) is 49.6 Å². The van der Waals surface area contributed by atoms with E-state index >= 15 is 0 Å². The molecule has 0 fully saturated rings. The van der Waals surface area contributed by atoms with E-state index in [0.29, 0.717) is 24.7 Å². The number of hydrogen-bond donors (Lipinski definition) is 0. The molecule has 0 saturated heterocycles. The average molecular weight is 367 g/mol. The maximum atomic E-state index is 6.12. The molecular formula is C24H30O3. The van der Waals surface area contributed by atoms with Gasteiger partial charge in [-0.1, -0.05) is 44.7 Å². The van der Waals surface area contributed by atoms with Crippen LogP contribution in [0.25, 0.3) is 11.1 Å². The highest BCUT2D eigenvalue weighted by Crippen LogP contribution is 2.44. The molecular weight excluding hydrogens is 336 g/mol. The molecule has 2 rings (SSSR count). The lowest BCUT2D eigenvalue weighted by molar-refractivity contribution is 0.327. The summed E-state index contributed by atoms with van der Waals surface area (Å²) in [7, 11) is 1.66.